The summed E-state index contributed by atoms with van der Waals surface area (Å²) >= 11 is 1.67. The van der Waals surface area contributed by atoms with E-state index in [0.29, 0.717) is 23.7 Å². The van der Waals surface area contributed by atoms with Crippen molar-refractivity contribution in [3.63, 3.8) is 0 Å². The van der Waals surface area contributed by atoms with Gasteiger partial charge in [0.15, 0.2) is 0 Å². The van der Waals surface area contributed by atoms with Crippen LogP contribution in [-0.4, -0.2) is 54.8 Å². The summed E-state index contributed by atoms with van der Waals surface area (Å²) in [6, 6.07) is 9.50. The summed E-state index contributed by atoms with van der Waals surface area (Å²) in [5, 5.41) is 7.62. The molecule has 7 heteroatoms. The number of rotatable bonds is 5. The molecule has 1 aliphatic heterocycles. The highest BCUT2D eigenvalue weighted by atomic mass is 35.5. The van der Waals surface area contributed by atoms with Gasteiger partial charge in [0.25, 0.3) is 11.8 Å². The molecule has 1 unspecified atom stereocenters. The van der Waals surface area contributed by atoms with Crippen molar-refractivity contribution in [3.05, 3.63) is 57.8 Å². The van der Waals surface area contributed by atoms with E-state index in [1.165, 1.54) is 5.56 Å². The Balaban J connectivity index is 0.00000240. The Morgan fingerprint density at radius 1 is 1.07 bits per heavy atom. The summed E-state index contributed by atoms with van der Waals surface area (Å²) in [4.78, 5) is 29.1. The summed E-state index contributed by atoms with van der Waals surface area (Å²) in [5.74, 6) is 0.0143. The monoisotopic (exact) mass is 433 g/mol. The van der Waals surface area contributed by atoms with E-state index >= 15 is 0 Å². The minimum absolute atomic E-state index is 0. The van der Waals surface area contributed by atoms with Crippen molar-refractivity contribution in [2.24, 2.45) is 5.41 Å². The Bertz CT molecular complexity index is 845. The van der Waals surface area contributed by atoms with E-state index in [1.807, 2.05) is 0 Å². The fourth-order valence-electron chi connectivity index (χ4n) is 4.31. The molecule has 1 N–H and O–H groups in total. The normalized spacial score (nSPS) is 19.3. The van der Waals surface area contributed by atoms with Crippen molar-refractivity contribution < 1.29 is 9.59 Å². The zero-order valence-corrected chi connectivity index (χ0v) is 18.5. The molecule has 1 aromatic heterocycles. The zero-order valence-electron chi connectivity index (χ0n) is 16.9. The molecule has 156 valence electrons. The van der Waals surface area contributed by atoms with Gasteiger partial charge in [0, 0.05) is 37.8 Å². The fourth-order valence-corrected chi connectivity index (χ4v) is 4.97. The Morgan fingerprint density at radius 2 is 1.69 bits per heavy atom. The number of thiophene rings is 1. The van der Waals surface area contributed by atoms with Gasteiger partial charge in [-0.3, -0.25) is 9.59 Å². The first-order chi connectivity index (χ1) is 13.5. The van der Waals surface area contributed by atoms with Crippen LogP contribution in [0.2, 0.25) is 0 Å². The predicted molar refractivity (Wildman–Crippen MR) is 119 cm³/mol. The Hall–Kier alpha value is -1.89. The molecule has 1 aromatic carbocycles. The highest BCUT2D eigenvalue weighted by Crippen LogP contribution is 2.56. The molecule has 2 aliphatic rings. The molecule has 1 saturated heterocycles. The van der Waals surface area contributed by atoms with E-state index in [1.54, 1.807) is 54.6 Å². The smallest absolute Gasteiger partial charge is 0.254 e. The number of hydrogen-bond donors (Lipinski definition) is 1. The van der Waals surface area contributed by atoms with Crippen molar-refractivity contribution in [2.75, 3.05) is 27.2 Å². The second kappa shape index (κ2) is 8.86. The van der Waals surface area contributed by atoms with Crippen LogP contribution in [-0.2, 0) is 6.54 Å². The summed E-state index contributed by atoms with van der Waals surface area (Å²) in [6.45, 7) is 2.73. The third-order valence-electron chi connectivity index (χ3n) is 6.10. The molecule has 2 aromatic rings. The van der Waals surface area contributed by atoms with Crippen molar-refractivity contribution in [1.29, 1.82) is 0 Å². The molecule has 2 amide bonds. The highest BCUT2D eigenvalue weighted by Gasteiger charge is 2.57. The summed E-state index contributed by atoms with van der Waals surface area (Å²) in [5.41, 5.74) is 2.74. The van der Waals surface area contributed by atoms with Crippen LogP contribution in [0.3, 0.4) is 0 Å². The van der Waals surface area contributed by atoms with Crippen LogP contribution in [0.25, 0.3) is 0 Å². The summed E-state index contributed by atoms with van der Waals surface area (Å²) < 4.78 is 0. The third kappa shape index (κ3) is 4.49. The Kier molecular flexibility index (Phi) is 6.66. The number of nitrogens with zero attached hydrogens (tertiary/aromatic N) is 2. The quantitative estimate of drug-likeness (QED) is 0.782. The predicted octanol–water partition coefficient (Wildman–Crippen LogP) is 3.66. The van der Waals surface area contributed by atoms with Crippen LogP contribution in [0, 0.1) is 5.41 Å². The lowest BCUT2D eigenvalue weighted by atomic mass is 9.93. The molecular weight excluding hydrogens is 406 g/mol. The number of halogens is 1. The van der Waals surface area contributed by atoms with Crippen LogP contribution in [0.4, 0.5) is 0 Å². The Morgan fingerprint density at radius 3 is 2.24 bits per heavy atom. The molecule has 0 bridgehead atoms. The van der Waals surface area contributed by atoms with E-state index < -0.39 is 0 Å². The van der Waals surface area contributed by atoms with Gasteiger partial charge in [-0.25, -0.2) is 0 Å². The molecule has 1 aliphatic carbocycles. The molecule has 1 atom stereocenters. The van der Waals surface area contributed by atoms with Gasteiger partial charge in [-0.05, 0) is 84.4 Å². The number of hydrogen-bond acceptors (Lipinski definition) is 4. The first-order valence-electron chi connectivity index (χ1n) is 9.85. The number of nitrogens with one attached hydrogen (secondary N) is 1. The molecule has 2 heterocycles. The zero-order chi connectivity index (χ0) is 19.7. The molecule has 1 saturated carbocycles. The van der Waals surface area contributed by atoms with Crippen molar-refractivity contribution in [2.45, 2.75) is 31.8 Å². The average Bonchev–Trinajstić information content (AvgIpc) is 3.14. The van der Waals surface area contributed by atoms with Gasteiger partial charge in [0.2, 0.25) is 0 Å². The maximum atomic E-state index is 13.4. The number of amides is 2. The second-order valence-electron chi connectivity index (χ2n) is 8.17. The fraction of sp³-hybridized carbons (Fsp3) is 0.455. The molecule has 2 fully saturated rings. The molecule has 0 radical (unpaired) electrons. The van der Waals surface area contributed by atoms with Gasteiger partial charge in [-0.2, -0.15) is 11.3 Å². The van der Waals surface area contributed by atoms with E-state index in [4.69, 9.17) is 0 Å². The van der Waals surface area contributed by atoms with Crippen LogP contribution in [0.1, 0.15) is 45.5 Å². The maximum absolute atomic E-state index is 13.4. The average molecular weight is 434 g/mol. The van der Waals surface area contributed by atoms with E-state index in [-0.39, 0.29) is 29.6 Å². The van der Waals surface area contributed by atoms with Crippen molar-refractivity contribution in [3.8, 4) is 0 Å². The van der Waals surface area contributed by atoms with Crippen LogP contribution in [0.15, 0.2) is 41.1 Å². The number of carbonyl (C=O) groups is 2. The largest absolute Gasteiger partial charge is 0.345 e. The van der Waals surface area contributed by atoms with E-state index in [2.05, 4.69) is 27.0 Å². The third-order valence-corrected chi connectivity index (χ3v) is 6.83. The number of benzene rings is 1. The van der Waals surface area contributed by atoms with Crippen LogP contribution in [0.5, 0.6) is 0 Å². The van der Waals surface area contributed by atoms with Crippen LogP contribution >= 0.6 is 23.7 Å². The van der Waals surface area contributed by atoms with Crippen molar-refractivity contribution >= 4 is 35.6 Å². The summed E-state index contributed by atoms with van der Waals surface area (Å²) in [7, 11) is 3.46. The van der Waals surface area contributed by atoms with Crippen LogP contribution < -0.4 is 5.32 Å². The lowest BCUT2D eigenvalue weighted by Gasteiger charge is -2.29. The molecule has 29 heavy (non-hydrogen) atoms. The maximum Gasteiger partial charge on any atom is 0.254 e. The number of carbonyl (C=O) groups excluding carboxylic acids is 2. The SMILES string of the molecule is CN(C)C(=O)c1ccc(C(=O)N(Cc2ccsc2)C2CC23CCNCC3)cc1.Cl. The van der Waals surface area contributed by atoms with Gasteiger partial charge in [0.05, 0.1) is 0 Å². The molecule has 5 nitrogen and oxygen atoms in total. The first-order valence-corrected chi connectivity index (χ1v) is 10.8. The van der Waals surface area contributed by atoms with Gasteiger partial charge >= 0.3 is 0 Å². The standard InChI is InChI=1S/C22H27N3O2S.ClH/c1-24(2)20(26)17-3-5-18(6-4-17)21(27)25(14-16-7-12-28-15-16)19-13-22(19)8-10-23-11-9-22;/h3-7,12,15,19,23H,8-11,13-14H2,1-2H3;1H. The van der Waals surface area contributed by atoms with Gasteiger partial charge in [0.1, 0.15) is 0 Å². The van der Waals surface area contributed by atoms with Gasteiger partial charge < -0.3 is 15.1 Å². The van der Waals surface area contributed by atoms with Gasteiger partial charge in [-0.15, -0.1) is 12.4 Å². The Labute approximate surface area is 182 Å². The number of piperidine rings is 1. The topological polar surface area (TPSA) is 52.7 Å². The van der Waals surface area contributed by atoms with Gasteiger partial charge in [-0.1, -0.05) is 0 Å². The molecule has 1 spiro atoms. The van der Waals surface area contributed by atoms with Crippen molar-refractivity contribution in [1.82, 2.24) is 15.1 Å². The minimum atomic E-state index is -0.0509. The van der Waals surface area contributed by atoms with E-state index in [9.17, 15) is 9.59 Å². The summed E-state index contributed by atoms with van der Waals surface area (Å²) in [6.07, 6.45) is 3.38. The first kappa shape index (κ1) is 21.8. The highest BCUT2D eigenvalue weighted by molar-refractivity contribution is 7.07. The lowest BCUT2D eigenvalue weighted by molar-refractivity contribution is 0.0691. The molecule has 4 rings (SSSR count). The lowest BCUT2D eigenvalue weighted by Crippen LogP contribution is -2.39. The second-order valence-corrected chi connectivity index (χ2v) is 8.95. The molecular formula is C22H28ClN3O2S. The van der Waals surface area contributed by atoms with E-state index in [0.717, 1.165) is 32.4 Å². The minimum Gasteiger partial charge on any atom is -0.345 e.